The number of nitrogens with zero attached hydrogens (tertiary/aromatic N) is 4. The molecule has 27 heavy (non-hydrogen) atoms. The van der Waals surface area contributed by atoms with Crippen molar-refractivity contribution in [1.82, 2.24) is 15.0 Å². The zero-order valence-corrected chi connectivity index (χ0v) is 15.3. The van der Waals surface area contributed by atoms with Crippen molar-refractivity contribution in [3.63, 3.8) is 0 Å². The average molecular weight is 390 g/mol. The average Bonchev–Trinajstić information content (AvgIpc) is 3.06. The summed E-state index contributed by atoms with van der Waals surface area (Å²) < 4.78 is 27.0. The highest BCUT2D eigenvalue weighted by molar-refractivity contribution is 7.19. The van der Waals surface area contributed by atoms with Crippen molar-refractivity contribution in [2.24, 2.45) is 0 Å². The zero-order valence-electron chi connectivity index (χ0n) is 14.4. The van der Waals surface area contributed by atoms with E-state index in [1.807, 2.05) is 4.90 Å². The van der Waals surface area contributed by atoms with Gasteiger partial charge in [0.05, 0.1) is 5.60 Å². The number of benzene rings is 1. The molecule has 3 heterocycles. The number of rotatable bonds is 3. The topological polar surface area (TPSA) is 79.2 Å². The highest BCUT2D eigenvalue weighted by atomic mass is 32.1. The Kier molecular flexibility index (Phi) is 4.35. The Morgan fingerprint density at radius 2 is 1.85 bits per heavy atom. The van der Waals surface area contributed by atoms with Crippen LogP contribution in [0.25, 0.3) is 10.3 Å². The predicted octanol–water partition coefficient (Wildman–Crippen LogP) is 3.06. The fourth-order valence-corrected chi connectivity index (χ4v) is 4.12. The van der Waals surface area contributed by atoms with Crippen molar-refractivity contribution < 1.29 is 18.7 Å². The first-order chi connectivity index (χ1) is 12.9. The van der Waals surface area contributed by atoms with Crippen LogP contribution in [0.2, 0.25) is 0 Å². The molecule has 1 aromatic carbocycles. The molecule has 1 aliphatic rings. The standard InChI is InChI=1S/C18H16F2N4O2S/c1-10(25)16-23-14-15(21-9-22-17(14)27-16)24-4-2-18(26,3-5-24)11-6-12(19)8-13(20)7-11/h6-9,26H,2-5H2,1H3. The van der Waals surface area contributed by atoms with Crippen LogP contribution in [0.1, 0.15) is 35.1 Å². The lowest BCUT2D eigenvalue weighted by Crippen LogP contribution is -2.43. The van der Waals surface area contributed by atoms with Gasteiger partial charge in [0.25, 0.3) is 0 Å². The van der Waals surface area contributed by atoms with Gasteiger partial charge in [0, 0.05) is 26.1 Å². The van der Waals surface area contributed by atoms with Gasteiger partial charge in [-0.15, -0.1) is 0 Å². The molecule has 0 radical (unpaired) electrons. The maximum absolute atomic E-state index is 13.5. The lowest BCUT2D eigenvalue weighted by atomic mass is 9.84. The minimum Gasteiger partial charge on any atom is -0.385 e. The fraction of sp³-hybridized carbons (Fsp3) is 0.333. The minimum absolute atomic E-state index is 0.134. The summed E-state index contributed by atoms with van der Waals surface area (Å²) in [7, 11) is 0. The third-order valence-electron chi connectivity index (χ3n) is 4.77. The number of anilines is 1. The molecule has 0 aliphatic carbocycles. The highest BCUT2D eigenvalue weighted by Gasteiger charge is 2.35. The van der Waals surface area contributed by atoms with Crippen LogP contribution in [0.15, 0.2) is 24.5 Å². The van der Waals surface area contributed by atoms with Crippen molar-refractivity contribution in [3.05, 3.63) is 46.7 Å². The van der Waals surface area contributed by atoms with Gasteiger partial charge in [0.15, 0.2) is 16.6 Å². The smallest absolute Gasteiger partial charge is 0.188 e. The molecule has 0 saturated carbocycles. The van der Waals surface area contributed by atoms with Gasteiger partial charge >= 0.3 is 0 Å². The van der Waals surface area contributed by atoms with Crippen LogP contribution in [0.4, 0.5) is 14.6 Å². The van der Waals surface area contributed by atoms with E-state index in [1.54, 1.807) is 0 Å². The molecule has 1 saturated heterocycles. The second kappa shape index (κ2) is 6.58. The third-order valence-corrected chi connectivity index (χ3v) is 5.83. The van der Waals surface area contributed by atoms with Crippen molar-refractivity contribution >= 4 is 33.3 Å². The van der Waals surface area contributed by atoms with Gasteiger partial charge < -0.3 is 10.0 Å². The van der Waals surface area contributed by atoms with E-state index in [2.05, 4.69) is 15.0 Å². The zero-order chi connectivity index (χ0) is 19.2. The van der Waals surface area contributed by atoms with Gasteiger partial charge in [-0.25, -0.2) is 23.7 Å². The van der Waals surface area contributed by atoms with Crippen LogP contribution in [-0.2, 0) is 5.60 Å². The highest BCUT2D eigenvalue weighted by Crippen LogP contribution is 2.36. The SMILES string of the molecule is CC(=O)c1nc2c(N3CCC(O)(c4cc(F)cc(F)c4)CC3)ncnc2s1. The number of carbonyl (C=O) groups excluding carboxylic acids is 1. The number of Topliss-reactive ketones (excluding diaryl/α,β-unsaturated/α-hetero) is 1. The largest absolute Gasteiger partial charge is 0.385 e. The number of hydrogen-bond donors (Lipinski definition) is 1. The first-order valence-corrected chi connectivity index (χ1v) is 9.24. The molecule has 0 spiro atoms. The van der Waals surface area contributed by atoms with E-state index in [-0.39, 0.29) is 24.2 Å². The molecular formula is C18H16F2N4O2S. The number of hydrogen-bond acceptors (Lipinski definition) is 7. The van der Waals surface area contributed by atoms with Crippen LogP contribution >= 0.6 is 11.3 Å². The molecule has 2 aromatic heterocycles. The molecule has 0 bridgehead atoms. The fourth-order valence-electron chi connectivity index (χ4n) is 3.32. The van der Waals surface area contributed by atoms with Crippen LogP contribution in [0.5, 0.6) is 0 Å². The molecule has 9 heteroatoms. The number of carbonyl (C=O) groups is 1. The van der Waals surface area contributed by atoms with Gasteiger partial charge in [0.1, 0.15) is 28.3 Å². The summed E-state index contributed by atoms with van der Waals surface area (Å²) in [5.74, 6) is -0.962. The van der Waals surface area contributed by atoms with Gasteiger partial charge in [-0.1, -0.05) is 11.3 Å². The van der Waals surface area contributed by atoms with Crippen LogP contribution in [-0.4, -0.2) is 38.9 Å². The Morgan fingerprint density at radius 3 is 2.48 bits per heavy atom. The van der Waals surface area contributed by atoms with Gasteiger partial charge in [-0.05, 0) is 30.5 Å². The van der Waals surface area contributed by atoms with E-state index in [9.17, 15) is 18.7 Å². The summed E-state index contributed by atoms with van der Waals surface area (Å²) in [6, 6.07) is 3.12. The summed E-state index contributed by atoms with van der Waals surface area (Å²) in [5, 5.41) is 11.3. The van der Waals surface area contributed by atoms with E-state index in [1.165, 1.54) is 36.7 Å². The Hall–Kier alpha value is -2.52. The van der Waals surface area contributed by atoms with Crippen molar-refractivity contribution in [2.75, 3.05) is 18.0 Å². The van der Waals surface area contributed by atoms with Crippen molar-refractivity contribution in [1.29, 1.82) is 0 Å². The van der Waals surface area contributed by atoms with Crippen LogP contribution in [0, 0.1) is 11.6 Å². The molecule has 1 N–H and O–H groups in total. The maximum Gasteiger partial charge on any atom is 0.188 e. The summed E-state index contributed by atoms with van der Waals surface area (Å²) in [4.78, 5) is 27.0. The van der Waals surface area contributed by atoms with E-state index in [4.69, 9.17) is 0 Å². The maximum atomic E-state index is 13.5. The Morgan fingerprint density at radius 1 is 1.19 bits per heavy atom. The normalized spacial score (nSPS) is 16.7. The Balaban J connectivity index is 1.61. The van der Waals surface area contributed by atoms with Gasteiger partial charge in [0.2, 0.25) is 0 Å². The van der Waals surface area contributed by atoms with Crippen LogP contribution < -0.4 is 4.90 Å². The molecule has 0 amide bonds. The van der Waals surface area contributed by atoms with E-state index in [0.29, 0.717) is 34.3 Å². The van der Waals surface area contributed by atoms with E-state index in [0.717, 1.165) is 6.07 Å². The summed E-state index contributed by atoms with van der Waals surface area (Å²) in [6.45, 7) is 2.30. The molecule has 1 fully saturated rings. The number of aliphatic hydroxyl groups is 1. The summed E-state index contributed by atoms with van der Waals surface area (Å²) in [6.07, 6.45) is 1.98. The van der Waals surface area contributed by atoms with Crippen molar-refractivity contribution in [2.45, 2.75) is 25.4 Å². The Labute approximate surface area is 157 Å². The molecule has 1 aliphatic heterocycles. The van der Waals surface area contributed by atoms with Crippen LogP contribution in [0.3, 0.4) is 0 Å². The number of thiazole rings is 1. The lowest BCUT2D eigenvalue weighted by molar-refractivity contribution is 0.0111. The number of ketones is 1. The summed E-state index contributed by atoms with van der Waals surface area (Å²) in [5.41, 5.74) is -0.520. The second-order valence-corrected chi connectivity index (χ2v) is 7.58. The molecule has 3 aromatic rings. The quantitative estimate of drug-likeness (QED) is 0.693. The number of piperidine rings is 1. The Bertz CT molecular complexity index is 1010. The molecule has 140 valence electrons. The molecular weight excluding hydrogens is 374 g/mol. The minimum atomic E-state index is -1.31. The number of aromatic nitrogens is 3. The molecule has 0 unspecified atom stereocenters. The van der Waals surface area contributed by atoms with Crippen molar-refractivity contribution in [3.8, 4) is 0 Å². The first-order valence-electron chi connectivity index (χ1n) is 8.42. The monoisotopic (exact) mass is 390 g/mol. The van der Waals surface area contributed by atoms with E-state index >= 15 is 0 Å². The number of fused-ring (bicyclic) bond motifs is 1. The molecule has 4 rings (SSSR count). The van der Waals surface area contributed by atoms with Gasteiger partial charge in [-0.2, -0.15) is 0 Å². The lowest BCUT2D eigenvalue weighted by Gasteiger charge is -2.39. The second-order valence-electron chi connectivity index (χ2n) is 6.60. The molecule has 0 atom stereocenters. The predicted molar refractivity (Wildman–Crippen MR) is 96.9 cm³/mol. The van der Waals surface area contributed by atoms with Gasteiger partial charge in [-0.3, -0.25) is 4.79 Å². The van der Waals surface area contributed by atoms with E-state index < -0.39 is 17.2 Å². The number of halogens is 2. The third kappa shape index (κ3) is 3.28. The summed E-state index contributed by atoms with van der Waals surface area (Å²) >= 11 is 1.21. The molecule has 6 nitrogen and oxygen atoms in total. The first kappa shape index (κ1) is 17.9.